The summed E-state index contributed by atoms with van der Waals surface area (Å²) in [5.41, 5.74) is 2.40. The van der Waals surface area contributed by atoms with Gasteiger partial charge in [0.25, 0.3) is 0 Å². The van der Waals surface area contributed by atoms with Crippen LogP contribution in [0.15, 0.2) is 54.7 Å². The van der Waals surface area contributed by atoms with Crippen molar-refractivity contribution in [1.29, 1.82) is 0 Å². The molecule has 2 aromatic carbocycles. The first-order valence-corrected chi connectivity index (χ1v) is 12.9. The average Bonchev–Trinajstić information content (AvgIpc) is 3.61. The van der Waals surface area contributed by atoms with E-state index in [1.165, 1.54) is 32.4 Å². The van der Waals surface area contributed by atoms with Crippen LogP contribution in [0.5, 0.6) is 11.6 Å². The van der Waals surface area contributed by atoms with Crippen molar-refractivity contribution >= 4 is 27.8 Å². The maximum atomic E-state index is 13.9. The number of hydrogen-bond acceptors (Lipinski definition) is 7. The van der Waals surface area contributed by atoms with Crippen molar-refractivity contribution in [1.82, 2.24) is 34.7 Å². The molecule has 1 saturated heterocycles. The van der Waals surface area contributed by atoms with E-state index in [9.17, 15) is 18.0 Å². The van der Waals surface area contributed by atoms with E-state index in [-0.39, 0.29) is 17.6 Å². The fraction of sp³-hybridized carbons (Fsp3) is 0.286. The minimum absolute atomic E-state index is 0.122. The number of halogens is 3. The van der Waals surface area contributed by atoms with E-state index >= 15 is 0 Å². The fourth-order valence-corrected chi connectivity index (χ4v) is 5.17. The highest BCUT2D eigenvalue weighted by molar-refractivity contribution is 5.85. The Morgan fingerprint density at radius 1 is 1.07 bits per heavy atom. The number of benzene rings is 2. The predicted molar refractivity (Wildman–Crippen MR) is 144 cm³/mol. The Balaban J connectivity index is 1.33. The van der Waals surface area contributed by atoms with E-state index < -0.39 is 30.5 Å². The summed E-state index contributed by atoms with van der Waals surface area (Å²) >= 11 is 0. The van der Waals surface area contributed by atoms with Crippen molar-refractivity contribution in [3.05, 3.63) is 66.4 Å². The van der Waals surface area contributed by atoms with Crippen molar-refractivity contribution < 1.29 is 27.4 Å². The number of pyridine rings is 1. The van der Waals surface area contributed by atoms with E-state index in [2.05, 4.69) is 25.3 Å². The number of H-pyrrole nitrogens is 1. The maximum Gasteiger partial charge on any atom is 0.449 e. The van der Waals surface area contributed by atoms with Crippen LogP contribution in [0.4, 0.5) is 13.2 Å². The van der Waals surface area contributed by atoms with Crippen LogP contribution in [0.25, 0.3) is 33.2 Å². The summed E-state index contributed by atoms with van der Waals surface area (Å²) in [6.07, 6.45) is -3.11. The maximum absolute atomic E-state index is 13.9. The molecule has 1 amide bonds. The molecular formula is C28H26F3N7O3. The number of nitrogens with one attached hydrogen (secondary N) is 2. The van der Waals surface area contributed by atoms with Crippen molar-refractivity contribution in [2.45, 2.75) is 18.8 Å². The number of hydrogen-bond donors (Lipinski definition) is 2. The molecule has 41 heavy (non-hydrogen) atoms. The smallest absolute Gasteiger partial charge is 0.449 e. The zero-order valence-electron chi connectivity index (χ0n) is 22.2. The molecule has 0 spiro atoms. The number of nitrogens with zero attached hydrogens (tertiary/aromatic N) is 5. The molecule has 5 aromatic rings. The first kappa shape index (κ1) is 26.6. The van der Waals surface area contributed by atoms with Gasteiger partial charge in [-0.05, 0) is 24.3 Å². The minimum atomic E-state index is -4.75. The second-order valence-electron chi connectivity index (χ2n) is 9.60. The quantitative estimate of drug-likeness (QED) is 0.318. The largest absolute Gasteiger partial charge is 0.497 e. The van der Waals surface area contributed by atoms with Gasteiger partial charge < -0.3 is 29.2 Å². The number of rotatable bonds is 6. The van der Waals surface area contributed by atoms with E-state index in [0.717, 1.165) is 15.5 Å². The predicted octanol–water partition coefficient (Wildman–Crippen LogP) is 4.18. The van der Waals surface area contributed by atoms with Crippen molar-refractivity contribution in [2.75, 3.05) is 33.9 Å². The summed E-state index contributed by atoms with van der Waals surface area (Å²) in [6, 6.07) is 13.5. The zero-order valence-corrected chi connectivity index (χ0v) is 22.2. The number of aromatic amines is 1. The zero-order chi connectivity index (χ0) is 28.7. The van der Waals surface area contributed by atoms with Gasteiger partial charge in [0.2, 0.25) is 17.6 Å². The van der Waals surface area contributed by atoms with E-state index in [0.29, 0.717) is 41.8 Å². The number of piperazine rings is 1. The van der Waals surface area contributed by atoms with Crippen LogP contribution in [-0.4, -0.2) is 69.2 Å². The lowest BCUT2D eigenvalue weighted by Crippen LogP contribution is -2.50. The molecule has 1 fully saturated rings. The lowest BCUT2D eigenvalue weighted by Gasteiger charge is -2.35. The van der Waals surface area contributed by atoms with Crippen molar-refractivity contribution in [2.24, 2.45) is 0 Å². The molecule has 1 aliphatic heterocycles. The monoisotopic (exact) mass is 565 g/mol. The Hall–Kier alpha value is -4.65. The Bertz CT molecular complexity index is 1750. The number of amides is 1. The number of aromatic nitrogens is 5. The lowest BCUT2D eigenvalue weighted by atomic mass is 10.1. The van der Waals surface area contributed by atoms with Crippen LogP contribution < -0.4 is 14.8 Å². The molecule has 212 valence electrons. The third kappa shape index (κ3) is 4.92. The molecule has 10 nitrogen and oxygen atoms in total. The minimum Gasteiger partial charge on any atom is -0.497 e. The summed E-state index contributed by atoms with van der Waals surface area (Å²) < 4.78 is 53.5. The third-order valence-corrected chi connectivity index (χ3v) is 7.15. The Labute approximate surface area is 232 Å². The number of fused-ring (bicyclic) bond motifs is 2. The standard InChI is InChI=1S/C28H26F3N7O3/c1-40-17-7-8-20-22(12-17)38(27(36-20)28(29,30)31)15-24(39)37-10-9-32-14-23(37)25-33-13-21(34-25)18-11-16-5-3-4-6-19(16)35-26(18)41-2/h3-8,11-13,23,32H,9-10,14-15H2,1-2H3,(H,33,34). The van der Waals surface area contributed by atoms with Crippen LogP contribution in [-0.2, 0) is 17.5 Å². The topological polar surface area (TPSA) is 110 Å². The summed E-state index contributed by atoms with van der Waals surface area (Å²) in [6.45, 7) is 0.599. The molecule has 1 atom stereocenters. The molecule has 3 aromatic heterocycles. The van der Waals surface area contributed by atoms with E-state index in [1.807, 2.05) is 30.3 Å². The van der Waals surface area contributed by atoms with Crippen LogP contribution >= 0.6 is 0 Å². The number of carbonyl (C=O) groups is 1. The molecule has 6 rings (SSSR count). The van der Waals surface area contributed by atoms with E-state index in [1.54, 1.807) is 11.1 Å². The highest BCUT2D eigenvalue weighted by atomic mass is 19.4. The number of methoxy groups -OCH3 is 2. The Morgan fingerprint density at radius 3 is 2.68 bits per heavy atom. The molecule has 0 bridgehead atoms. The number of ether oxygens (including phenoxy) is 2. The van der Waals surface area contributed by atoms with Crippen LogP contribution in [0, 0.1) is 0 Å². The van der Waals surface area contributed by atoms with Crippen LogP contribution in [0.1, 0.15) is 17.7 Å². The summed E-state index contributed by atoms with van der Waals surface area (Å²) in [5, 5.41) is 4.16. The molecular weight excluding hydrogens is 539 g/mol. The number of carbonyl (C=O) groups excluding carboxylic acids is 1. The Morgan fingerprint density at radius 2 is 1.90 bits per heavy atom. The average molecular weight is 566 g/mol. The van der Waals surface area contributed by atoms with Gasteiger partial charge in [-0.3, -0.25) is 4.79 Å². The second-order valence-corrected chi connectivity index (χ2v) is 9.60. The second kappa shape index (κ2) is 10.4. The van der Waals surface area contributed by atoms with Crippen LogP contribution in [0.3, 0.4) is 0 Å². The van der Waals surface area contributed by atoms with Gasteiger partial charge in [-0.25, -0.2) is 15.0 Å². The third-order valence-electron chi connectivity index (χ3n) is 7.15. The highest BCUT2D eigenvalue weighted by Crippen LogP contribution is 2.34. The fourth-order valence-electron chi connectivity index (χ4n) is 5.17. The van der Waals surface area contributed by atoms with Gasteiger partial charge in [0, 0.05) is 31.1 Å². The van der Waals surface area contributed by atoms with Gasteiger partial charge in [-0.2, -0.15) is 13.2 Å². The summed E-state index contributed by atoms with van der Waals surface area (Å²) in [5.74, 6) is -0.370. The Kier molecular flexibility index (Phi) is 6.73. The van der Waals surface area contributed by atoms with Crippen LogP contribution in [0.2, 0.25) is 0 Å². The molecule has 4 heterocycles. The number of alkyl halides is 3. The van der Waals surface area contributed by atoms with Gasteiger partial charge in [-0.1, -0.05) is 18.2 Å². The van der Waals surface area contributed by atoms with Crippen molar-refractivity contribution in [3.63, 3.8) is 0 Å². The lowest BCUT2D eigenvalue weighted by molar-refractivity contribution is -0.148. The molecule has 0 radical (unpaired) electrons. The molecule has 1 unspecified atom stereocenters. The number of para-hydroxylation sites is 1. The number of imidazole rings is 2. The highest BCUT2D eigenvalue weighted by Gasteiger charge is 2.39. The molecule has 13 heteroatoms. The van der Waals surface area contributed by atoms with Gasteiger partial charge >= 0.3 is 6.18 Å². The van der Waals surface area contributed by atoms with Gasteiger partial charge in [0.15, 0.2) is 0 Å². The van der Waals surface area contributed by atoms with Gasteiger partial charge in [0.1, 0.15) is 24.2 Å². The van der Waals surface area contributed by atoms with Crippen molar-refractivity contribution in [3.8, 4) is 22.9 Å². The molecule has 0 aliphatic carbocycles. The molecule has 1 aliphatic rings. The normalized spacial score (nSPS) is 15.9. The first-order chi connectivity index (χ1) is 19.8. The van der Waals surface area contributed by atoms with E-state index in [4.69, 9.17) is 9.47 Å². The first-order valence-electron chi connectivity index (χ1n) is 12.9. The summed E-state index contributed by atoms with van der Waals surface area (Å²) in [4.78, 5) is 31.4. The molecule has 0 saturated carbocycles. The SMILES string of the molecule is COc1ccc2nc(C(F)(F)F)n(CC(=O)N3CCNCC3c3ncc(-c4cc5ccccc5nc4OC)[nH]3)c2c1. The summed E-state index contributed by atoms with van der Waals surface area (Å²) in [7, 11) is 2.96. The van der Waals surface area contributed by atoms with Gasteiger partial charge in [-0.15, -0.1) is 0 Å². The molecule has 2 N–H and O–H groups in total. The van der Waals surface area contributed by atoms with Gasteiger partial charge in [0.05, 0.1) is 48.2 Å².